The average Bonchev–Trinajstić information content (AvgIpc) is 2.63. The summed E-state index contributed by atoms with van der Waals surface area (Å²) in [6.45, 7) is 5.44. The maximum absolute atomic E-state index is 5.76. The van der Waals surface area contributed by atoms with E-state index < -0.39 is 0 Å². The normalized spacial score (nSPS) is 15.4. The summed E-state index contributed by atoms with van der Waals surface area (Å²) < 4.78 is 11.0. The Kier molecular flexibility index (Phi) is 5.26. The van der Waals surface area contributed by atoms with Crippen LogP contribution < -0.4 is 14.4 Å². The number of ether oxygens (including phenoxy) is 2. The molecule has 1 saturated heterocycles. The Labute approximate surface area is 136 Å². The molecule has 6 heteroatoms. The summed E-state index contributed by atoms with van der Waals surface area (Å²) in [7, 11) is 1.63. The van der Waals surface area contributed by atoms with Crippen molar-refractivity contribution >= 4 is 5.82 Å². The topological polar surface area (TPSA) is 50.7 Å². The van der Waals surface area contributed by atoms with Crippen LogP contribution in [-0.4, -0.2) is 61.3 Å². The van der Waals surface area contributed by atoms with Crippen molar-refractivity contribution in [3.8, 4) is 11.6 Å². The van der Waals surface area contributed by atoms with Crippen LogP contribution in [0.25, 0.3) is 0 Å². The van der Waals surface area contributed by atoms with Crippen LogP contribution in [0.15, 0.2) is 42.7 Å². The van der Waals surface area contributed by atoms with E-state index >= 15 is 0 Å². The molecule has 122 valence electrons. The molecule has 3 rings (SSSR count). The Balaban J connectivity index is 1.45. The second-order valence-corrected chi connectivity index (χ2v) is 5.38. The Morgan fingerprint density at radius 2 is 1.74 bits per heavy atom. The van der Waals surface area contributed by atoms with Crippen molar-refractivity contribution in [3.05, 3.63) is 42.7 Å². The minimum absolute atomic E-state index is 0.591. The third-order valence-electron chi connectivity index (χ3n) is 3.93. The summed E-state index contributed by atoms with van der Waals surface area (Å²) in [6, 6.07) is 9.94. The molecular formula is C17H22N4O2. The number of nitrogens with zero attached hydrogens (tertiary/aromatic N) is 4. The van der Waals surface area contributed by atoms with Crippen molar-refractivity contribution in [2.75, 3.05) is 51.3 Å². The van der Waals surface area contributed by atoms with Gasteiger partial charge in [-0.05, 0) is 12.1 Å². The van der Waals surface area contributed by atoms with E-state index in [1.54, 1.807) is 19.5 Å². The SMILES string of the molecule is COc1nccnc1N1CCN(CCOc2ccccc2)CC1. The maximum atomic E-state index is 5.76. The van der Waals surface area contributed by atoms with E-state index in [0.717, 1.165) is 44.3 Å². The highest BCUT2D eigenvalue weighted by molar-refractivity contribution is 5.48. The van der Waals surface area contributed by atoms with Crippen molar-refractivity contribution in [2.24, 2.45) is 0 Å². The van der Waals surface area contributed by atoms with Gasteiger partial charge in [0.2, 0.25) is 0 Å². The molecular weight excluding hydrogens is 292 g/mol. The molecule has 0 saturated carbocycles. The second-order valence-electron chi connectivity index (χ2n) is 5.38. The number of benzene rings is 1. The molecule has 0 aliphatic carbocycles. The molecule has 0 spiro atoms. The number of hydrogen-bond acceptors (Lipinski definition) is 6. The van der Waals surface area contributed by atoms with Crippen LogP contribution in [0.4, 0.5) is 5.82 Å². The highest BCUT2D eigenvalue weighted by atomic mass is 16.5. The van der Waals surface area contributed by atoms with Crippen LogP contribution in [0.3, 0.4) is 0 Å². The highest BCUT2D eigenvalue weighted by Crippen LogP contribution is 2.22. The smallest absolute Gasteiger partial charge is 0.257 e. The predicted octanol–water partition coefficient (Wildman–Crippen LogP) is 1.69. The van der Waals surface area contributed by atoms with Crippen LogP contribution in [0, 0.1) is 0 Å². The van der Waals surface area contributed by atoms with Gasteiger partial charge in [0, 0.05) is 45.1 Å². The molecule has 0 unspecified atom stereocenters. The molecule has 0 atom stereocenters. The number of rotatable bonds is 6. The molecule has 6 nitrogen and oxygen atoms in total. The monoisotopic (exact) mass is 314 g/mol. The van der Waals surface area contributed by atoms with Gasteiger partial charge >= 0.3 is 0 Å². The van der Waals surface area contributed by atoms with Gasteiger partial charge in [-0.1, -0.05) is 18.2 Å². The van der Waals surface area contributed by atoms with E-state index in [1.165, 1.54) is 0 Å². The van der Waals surface area contributed by atoms with Gasteiger partial charge in [-0.3, -0.25) is 4.90 Å². The zero-order chi connectivity index (χ0) is 15.9. The second kappa shape index (κ2) is 7.78. The highest BCUT2D eigenvalue weighted by Gasteiger charge is 2.21. The molecule has 1 aliphatic rings. The van der Waals surface area contributed by atoms with E-state index in [2.05, 4.69) is 19.8 Å². The lowest BCUT2D eigenvalue weighted by atomic mass is 10.3. The van der Waals surface area contributed by atoms with Gasteiger partial charge in [0.15, 0.2) is 5.82 Å². The zero-order valence-corrected chi connectivity index (χ0v) is 13.4. The van der Waals surface area contributed by atoms with Crippen molar-refractivity contribution in [1.29, 1.82) is 0 Å². The number of hydrogen-bond donors (Lipinski definition) is 0. The van der Waals surface area contributed by atoms with Crippen molar-refractivity contribution < 1.29 is 9.47 Å². The van der Waals surface area contributed by atoms with Gasteiger partial charge in [-0.25, -0.2) is 9.97 Å². The molecule has 0 bridgehead atoms. The van der Waals surface area contributed by atoms with Gasteiger partial charge in [-0.15, -0.1) is 0 Å². The number of aromatic nitrogens is 2. The summed E-state index contributed by atoms with van der Waals surface area (Å²) in [6.07, 6.45) is 3.36. The lowest BCUT2D eigenvalue weighted by Gasteiger charge is -2.35. The largest absolute Gasteiger partial charge is 0.492 e. The molecule has 0 radical (unpaired) electrons. The Morgan fingerprint density at radius 3 is 2.48 bits per heavy atom. The first-order valence-corrected chi connectivity index (χ1v) is 7.87. The van der Waals surface area contributed by atoms with E-state index in [0.29, 0.717) is 12.5 Å². The standard InChI is InChI=1S/C17H22N4O2/c1-22-17-16(18-7-8-19-17)21-11-9-20(10-12-21)13-14-23-15-5-3-2-4-6-15/h2-8H,9-14H2,1H3. The van der Waals surface area contributed by atoms with Crippen molar-refractivity contribution in [2.45, 2.75) is 0 Å². The molecule has 2 heterocycles. The fourth-order valence-corrected chi connectivity index (χ4v) is 2.67. The first-order chi connectivity index (χ1) is 11.4. The predicted molar refractivity (Wildman–Crippen MR) is 89.2 cm³/mol. The third-order valence-corrected chi connectivity index (χ3v) is 3.93. The Hall–Kier alpha value is -2.34. The number of anilines is 1. The van der Waals surface area contributed by atoms with Gasteiger partial charge in [0.1, 0.15) is 12.4 Å². The molecule has 1 aromatic carbocycles. The lowest BCUT2D eigenvalue weighted by Crippen LogP contribution is -2.47. The first-order valence-electron chi connectivity index (χ1n) is 7.87. The minimum atomic E-state index is 0.591. The molecule has 2 aromatic rings. The summed E-state index contributed by atoms with van der Waals surface area (Å²) >= 11 is 0. The lowest BCUT2D eigenvalue weighted by molar-refractivity contribution is 0.200. The van der Waals surface area contributed by atoms with Crippen LogP contribution in [0.2, 0.25) is 0 Å². The van der Waals surface area contributed by atoms with E-state index in [4.69, 9.17) is 9.47 Å². The van der Waals surface area contributed by atoms with Gasteiger partial charge in [0.05, 0.1) is 7.11 Å². The van der Waals surface area contributed by atoms with Gasteiger partial charge in [0.25, 0.3) is 5.88 Å². The zero-order valence-electron chi connectivity index (χ0n) is 13.4. The molecule has 0 N–H and O–H groups in total. The Bertz CT molecular complexity index is 601. The molecule has 0 amide bonds. The van der Waals surface area contributed by atoms with Crippen molar-refractivity contribution in [3.63, 3.8) is 0 Å². The average molecular weight is 314 g/mol. The number of para-hydroxylation sites is 1. The minimum Gasteiger partial charge on any atom is -0.492 e. The van der Waals surface area contributed by atoms with E-state index in [-0.39, 0.29) is 0 Å². The number of piperazine rings is 1. The van der Waals surface area contributed by atoms with Crippen molar-refractivity contribution in [1.82, 2.24) is 14.9 Å². The summed E-state index contributed by atoms with van der Waals surface area (Å²) in [5, 5.41) is 0. The fraction of sp³-hybridized carbons (Fsp3) is 0.412. The van der Waals surface area contributed by atoms with Gasteiger partial charge in [-0.2, -0.15) is 0 Å². The summed E-state index contributed by atoms with van der Waals surface area (Å²) in [5.74, 6) is 2.35. The van der Waals surface area contributed by atoms with Crippen LogP contribution in [0.5, 0.6) is 11.6 Å². The quantitative estimate of drug-likeness (QED) is 0.809. The molecule has 1 fully saturated rings. The molecule has 1 aromatic heterocycles. The number of methoxy groups -OCH3 is 1. The molecule has 23 heavy (non-hydrogen) atoms. The Morgan fingerprint density at radius 1 is 1.00 bits per heavy atom. The van der Waals surface area contributed by atoms with Crippen LogP contribution >= 0.6 is 0 Å². The van der Waals surface area contributed by atoms with Gasteiger partial charge < -0.3 is 14.4 Å². The van der Waals surface area contributed by atoms with E-state index in [1.807, 2.05) is 30.3 Å². The maximum Gasteiger partial charge on any atom is 0.257 e. The molecule has 1 aliphatic heterocycles. The van der Waals surface area contributed by atoms with E-state index in [9.17, 15) is 0 Å². The first kappa shape index (κ1) is 15.6. The van der Waals surface area contributed by atoms with Crippen LogP contribution in [0.1, 0.15) is 0 Å². The van der Waals surface area contributed by atoms with Crippen LogP contribution in [-0.2, 0) is 0 Å². The summed E-state index contributed by atoms with van der Waals surface area (Å²) in [4.78, 5) is 13.2. The third kappa shape index (κ3) is 4.10. The summed E-state index contributed by atoms with van der Waals surface area (Å²) in [5.41, 5.74) is 0. The fourth-order valence-electron chi connectivity index (χ4n) is 2.67.